The van der Waals surface area contributed by atoms with Gasteiger partial charge in [0.1, 0.15) is 6.61 Å². The van der Waals surface area contributed by atoms with E-state index in [1.165, 1.54) is 6.92 Å². The van der Waals surface area contributed by atoms with E-state index in [2.05, 4.69) is 4.98 Å². The first kappa shape index (κ1) is 19.7. The molecule has 6 heteroatoms. The molecule has 0 bridgehead atoms. The van der Waals surface area contributed by atoms with E-state index in [0.717, 1.165) is 23.1 Å². The molecule has 0 saturated heterocycles. The van der Waals surface area contributed by atoms with Gasteiger partial charge in [-0.25, -0.2) is 0 Å². The van der Waals surface area contributed by atoms with Crippen molar-refractivity contribution in [2.24, 2.45) is 0 Å². The molecule has 2 rings (SSSR count). The third-order valence-corrected chi connectivity index (χ3v) is 3.90. The van der Waals surface area contributed by atoms with Gasteiger partial charge in [0.15, 0.2) is 11.5 Å². The minimum Gasteiger partial charge on any atom is -0.493 e. The SMILES string of the molecule is CCCOc1cc(-c2cncc([C@H](CO)COC(C)=O)c2)ccc1OC. The van der Waals surface area contributed by atoms with E-state index in [0.29, 0.717) is 18.1 Å². The third kappa shape index (κ3) is 5.20. The molecule has 1 N–H and O–H groups in total. The van der Waals surface area contributed by atoms with E-state index in [4.69, 9.17) is 14.2 Å². The number of hydrogen-bond donors (Lipinski definition) is 1. The Labute approximate surface area is 153 Å². The Morgan fingerprint density at radius 2 is 2.00 bits per heavy atom. The zero-order valence-electron chi connectivity index (χ0n) is 15.4. The molecular weight excluding hydrogens is 334 g/mol. The molecular formula is C20H25NO5. The highest BCUT2D eigenvalue weighted by molar-refractivity contribution is 5.67. The average Bonchev–Trinajstić information content (AvgIpc) is 2.66. The minimum absolute atomic E-state index is 0.116. The molecule has 140 valence electrons. The Hall–Kier alpha value is -2.60. The molecule has 6 nitrogen and oxygen atoms in total. The first-order valence-electron chi connectivity index (χ1n) is 8.59. The quantitative estimate of drug-likeness (QED) is 0.693. The van der Waals surface area contributed by atoms with Crippen LogP contribution in [0.2, 0.25) is 0 Å². The van der Waals surface area contributed by atoms with Gasteiger partial charge >= 0.3 is 5.97 Å². The van der Waals surface area contributed by atoms with Crippen LogP contribution in [0, 0.1) is 0 Å². The Bertz CT molecular complexity index is 732. The van der Waals surface area contributed by atoms with Gasteiger partial charge in [-0.05, 0) is 35.7 Å². The molecule has 1 aromatic carbocycles. The van der Waals surface area contributed by atoms with Crippen molar-refractivity contribution < 1.29 is 24.1 Å². The number of carbonyl (C=O) groups excluding carboxylic acids is 1. The molecule has 0 spiro atoms. The number of ether oxygens (including phenoxy) is 3. The molecule has 0 saturated carbocycles. The van der Waals surface area contributed by atoms with Crippen molar-refractivity contribution in [1.82, 2.24) is 4.98 Å². The fourth-order valence-electron chi connectivity index (χ4n) is 2.49. The number of aliphatic hydroxyl groups is 1. The molecule has 0 aliphatic rings. The summed E-state index contributed by atoms with van der Waals surface area (Å²) in [4.78, 5) is 15.3. The predicted octanol–water partition coefficient (Wildman–Crippen LogP) is 3.19. The largest absolute Gasteiger partial charge is 0.493 e. The van der Waals surface area contributed by atoms with E-state index in [9.17, 15) is 9.90 Å². The fourth-order valence-corrected chi connectivity index (χ4v) is 2.49. The summed E-state index contributed by atoms with van der Waals surface area (Å²) in [5.74, 6) is 0.658. The number of hydrogen-bond acceptors (Lipinski definition) is 6. The summed E-state index contributed by atoms with van der Waals surface area (Å²) in [6.07, 6.45) is 4.32. The van der Waals surface area contributed by atoms with Gasteiger partial charge in [0, 0.05) is 30.8 Å². The second-order valence-electron chi connectivity index (χ2n) is 5.90. The maximum atomic E-state index is 11.0. The first-order valence-corrected chi connectivity index (χ1v) is 8.59. The number of aromatic nitrogens is 1. The second-order valence-corrected chi connectivity index (χ2v) is 5.90. The van der Waals surface area contributed by atoms with Crippen LogP contribution in [0.3, 0.4) is 0 Å². The van der Waals surface area contributed by atoms with Crippen molar-refractivity contribution in [3.63, 3.8) is 0 Å². The summed E-state index contributed by atoms with van der Waals surface area (Å²) in [5, 5.41) is 9.61. The van der Waals surface area contributed by atoms with Gasteiger partial charge in [-0.1, -0.05) is 13.0 Å². The summed E-state index contributed by atoms with van der Waals surface area (Å²) in [7, 11) is 1.61. The van der Waals surface area contributed by atoms with Gasteiger partial charge in [-0.15, -0.1) is 0 Å². The Morgan fingerprint density at radius 3 is 2.65 bits per heavy atom. The van der Waals surface area contributed by atoms with Crippen molar-refractivity contribution in [3.05, 3.63) is 42.2 Å². The smallest absolute Gasteiger partial charge is 0.302 e. The lowest BCUT2D eigenvalue weighted by Crippen LogP contribution is -2.14. The van der Waals surface area contributed by atoms with Crippen LogP contribution in [0.15, 0.2) is 36.7 Å². The Kier molecular flexibility index (Phi) is 7.41. The molecule has 26 heavy (non-hydrogen) atoms. The van der Waals surface area contributed by atoms with Gasteiger partial charge in [0.05, 0.1) is 20.3 Å². The molecule has 0 fully saturated rings. The number of carbonyl (C=O) groups is 1. The number of aliphatic hydroxyl groups excluding tert-OH is 1. The van der Waals surface area contributed by atoms with Crippen LogP contribution in [-0.2, 0) is 9.53 Å². The molecule has 1 heterocycles. The van der Waals surface area contributed by atoms with Crippen LogP contribution < -0.4 is 9.47 Å². The van der Waals surface area contributed by atoms with Crippen molar-refractivity contribution in [1.29, 1.82) is 0 Å². The lowest BCUT2D eigenvalue weighted by Gasteiger charge is -2.16. The van der Waals surface area contributed by atoms with Crippen molar-refractivity contribution in [2.75, 3.05) is 26.9 Å². The minimum atomic E-state index is -0.375. The van der Waals surface area contributed by atoms with Gasteiger partial charge in [0.25, 0.3) is 0 Å². The van der Waals surface area contributed by atoms with E-state index >= 15 is 0 Å². The summed E-state index contributed by atoms with van der Waals surface area (Å²) < 4.78 is 16.1. The second kappa shape index (κ2) is 9.77. The highest BCUT2D eigenvalue weighted by Crippen LogP contribution is 2.33. The topological polar surface area (TPSA) is 77.9 Å². The molecule has 0 unspecified atom stereocenters. The molecule has 0 radical (unpaired) electrons. The lowest BCUT2D eigenvalue weighted by atomic mass is 9.98. The van der Waals surface area contributed by atoms with Crippen LogP contribution >= 0.6 is 0 Å². The van der Waals surface area contributed by atoms with Crippen LogP contribution in [0.25, 0.3) is 11.1 Å². The first-order chi connectivity index (χ1) is 12.6. The number of esters is 1. The van der Waals surface area contributed by atoms with E-state index in [1.807, 2.05) is 31.2 Å². The van der Waals surface area contributed by atoms with E-state index in [-0.39, 0.29) is 25.1 Å². The van der Waals surface area contributed by atoms with Gasteiger partial charge in [-0.2, -0.15) is 0 Å². The zero-order valence-corrected chi connectivity index (χ0v) is 15.4. The molecule has 0 aliphatic carbocycles. The van der Waals surface area contributed by atoms with E-state index < -0.39 is 0 Å². The molecule has 1 atom stereocenters. The van der Waals surface area contributed by atoms with Crippen LogP contribution in [0.5, 0.6) is 11.5 Å². The monoisotopic (exact) mass is 359 g/mol. The fraction of sp³-hybridized carbons (Fsp3) is 0.400. The van der Waals surface area contributed by atoms with E-state index in [1.54, 1.807) is 19.5 Å². The van der Waals surface area contributed by atoms with Gasteiger partial charge < -0.3 is 19.3 Å². The highest BCUT2D eigenvalue weighted by Gasteiger charge is 2.15. The average molecular weight is 359 g/mol. The Balaban J connectivity index is 2.29. The molecule has 0 amide bonds. The summed E-state index contributed by atoms with van der Waals surface area (Å²) >= 11 is 0. The van der Waals surface area contributed by atoms with Crippen LogP contribution in [-0.4, -0.2) is 43.0 Å². The normalized spacial score (nSPS) is 11.7. The van der Waals surface area contributed by atoms with Gasteiger partial charge in [-0.3, -0.25) is 9.78 Å². The maximum Gasteiger partial charge on any atom is 0.302 e. The van der Waals surface area contributed by atoms with Crippen molar-refractivity contribution >= 4 is 5.97 Å². The zero-order chi connectivity index (χ0) is 18.9. The number of benzene rings is 1. The maximum absolute atomic E-state index is 11.0. The number of nitrogens with zero attached hydrogens (tertiary/aromatic N) is 1. The molecule has 0 aliphatic heterocycles. The summed E-state index contributed by atoms with van der Waals surface area (Å²) in [5.41, 5.74) is 2.61. The van der Waals surface area contributed by atoms with Crippen molar-refractivity contribution in [2.45, 2.75) is 26.2 Å². The lowest BCUT2D eigenvalue weighted by molar-refractivity contribution is -0.141. The summed E-state index contributed by atoms with van der Waals surface area (Å²) in [6.45, 7) is 3.98. The number of methoxy groups -OCH3 is 1. The van der Waals surface area contributed by atoms with Crippen LogP contribution in [0.4, 0.5) is 0 Å². The van der Waals surface area contributed by atoms with Gasteiger partial charge in [0.2, 0.25) is 0 Å². The Morgan fingerprint density at radius 1 is 1.19 bits per heavy atom. The standard InChI is InChI=1S/C20H25NO5/c1-4-7-25-20-9-15(5-6-19(20)24-3)16-8-17(11-21-10-16)18(12-22)13-26-14(2)23/h5-6,8-11,18,22H,4,7,12-13H2,1-3H3/t18-/m1/s1. The number of rotatable bonds is 9. The van der Waals surface area contributed by atoms with Crippen LogP contribution in [0.1, 0.15) is 31.7 Å². The molecule has 2 aromatic rings. The van der Waals surface area contributed by atoms with Crippen molar-refractivity contribution in [3.8, 4) is 22.6 Å². The third-order valence-electron chi connectivity index (χ3n) is 3.90. The highest BCUT2D eigenvalue weighted by atomic mass is 16.5. The summed E-state index contributed by atoms with van der Waals surface area (Å²) in [6, 6.07) is 7.63. The predicted molar refractivity (Wildman–Crippen MR) is 98.5 cm³/mol. The number of pyridine rings is 1. The molecule has 1 aromatic heterocycles.